The lowest BCUT2D eigenvalue weighted by Gasteiger charge is -2.06. The van der Waals surface area contributed by atoms with Crippen LogP contribution in [0.25, 0.3) is 0 Å². The summed E-state index contributed by atoms with van der Waals surface area (Å²) in [6.45, 7) is 3.56. The van der Waals surface area contributed by atoms with Crippen LogP contribution in [0.3, 0.4) is 0 Å². The van der Waals surface area contributed by atoms with Gasteiger partial charge in [-0.3, -0.25) is 4.79 Å². The lowest BCUT2D eigenvalue weighted by Crippen LogP contribution is -2.14. The fourth-order valence-corrected chi connectivity index (χ4v) is 3.47. The molecule has 0 aliphatic rings. The summed E-state index contributed by atoms with van der Waals surface area (Å²) in [4.78, 5) is 23.8. The Kier molecular flexibility index (Phi) is 9.02. The number of methoxy groups -OCH3 is 1. The molecule has 1 amide bonds. The largest absolute Gasteiger partial charge is 0.462 e. The molecule has 1 heterocycles. The molecule has 0 saturated heterocycles. The first-order valence-corrected chi connectivity index (χ1v) is 10.2. The number of carbonyl (C=O) groups excluding carboxylic acids is 2. The minimum Gasteiger partial charge on any atom is -0.462 e. The van der Waals surface area contributed by atoms with Crippen molar-refractivity contribution in [1.82, 2.24) is 10.2 Å². The van der Waals surface area contributed by atoms with Crippen molar-refractivity contribution >= 4 is 45.8 Å². The van der Waals surface area contributed by atoms with E-state index in [4.69, 9.17) is 9.47 Å². The van der Waals surface area contributed by atoms with Crippen LogP contribution in [0.1, 0.15) is 23.7 Å². The van der Waals surface area contributed by atoms with Gasteiger partial charge in [0.25, 0.3) is 0 Å². The van der Waals surface area contributed by atoms with Crippen molar-refractivity contribution in [2.75, 3.05) is 43.3 Å². The van der Waals surface area contributed by atoms with Gasteiger partial charge in [-0.1, -0.05) is 30.0 Å². The van der Waals surface area contributed by atoms with E-state index < -0.39 is 0 Å². The van der Waals surface area contributed by atoms with E-state index >= 15 is 0 Å². The van der Waals surface area contributed by atoms with Crippen molar-refractivity contribution < 1.29 is 19.1 Å². The smallest absolute Gasteiger partial charge is 0.338 e. The summed E-state index contributed by atoms with van der Waals surface area (Å²) in [5, 5.41) is 14.6. The number of nitrogens with one attached hydrogen (secondary N) is 2. The first-order chi connectivity index (χ1) is 13.1. The third-order valence-corrected chi connectivity index (χ3v) is 5.17. The highest BCUT2D eigenvalue weighted by atomic mass is 32.2. The van der Waals surface area contributed by atoms with Gasteiger partial charge in [0.15, 0.2) is 4.34 Å². The molecule has 2 N–H and O–H groups in total. The van der Waals surface area contributed by atoms with Crippen molar-refractivity contribution in [1.29, 1.82) is 0 Å². The summed E-state index contributed by atoms with van der Waals surface area (Å²) in [5.74, 6) is -0.311. The number of nitrogens with zero attached hydrogens (tertiary/aromatic N) is 2. The highest BCUT2D eigenvalue weighted by molar-refractivity contribution is 8.01. The molecule has 8 nitrogen and oxygen atoms in total. The van der Waals surface area contributed by atoms with Gasteiger partial charge in [0.05, 0.1) is 24.5 Å². The number of amides is 1. The average molecular weight is 411 g/mol. The predicted octanol–water partition coefficient (Wildman–Crippen LogP) is 2.89. The molecular weight excluding hydrogens is 388 g/mol. The van der Waals surface area contributed by atoms with E-state index in [1.807, 2.05) is 6.92 Å². The van der Waals surface area contributed by atoms with E-state index in [2.05, 4.69) is 20.8 Å². The van der Waals surface area contributed by atoms with Crippen LogP contribution >= 0.6 is 23.1 Å². The summed E-state index contributed by atoms with van der Waals surface area (Å²) in [7, 11) is 1.63. The van der Waals surface area contributed by atoms with Gasteiger partial charge in [0.1, 0.15) is 0 Å². The van der Waals surface area contributed by atoms with Crippen molar-refractivity contribution in [2.24, 2.45) is 0 Å². The van der Waals surface area contributed by atoms with Gasteiger partial charge >= 0.3 is 5.97 Å². The zero-order valence-electron chi connectivity index (χ0n) is 15.2. The molecule has 0 bridgehead atoms. The first kappa shape index (κ1) is 21.1. The normalized spacial score (nSPS) is 10.4. The van der Waals surface area contributed by atoms with E-state index in [0.29, 0.717) is 40.5 Å². The third kappa shape index (κ3) is 7.53. The molecule has 0 spiro atoms. The van der Waals surface area contributed by atoms with Crippen LogP contribution in [-0.2, 0) is 14.3 Å². The molecule has 27 heavy (non-hydrogen) atoms. The first-order valence-electron chi connectivity index (χ1n) is 8.38. The lowest BCUT2D eigenvalue weighted by atomic mass is 10.2. The van der Waals surface area contributed by atoms with Crippen LogP contribution in [0.2, 0.25) is 0 Å². The Hall–Kier alpha value is -2.17. The van der Waals surface area contributed by atoms with Crippen molar-refractivity contribution in [3.05, 3.63) is 29.8 Å². The maximum Gasteiger partial charge on any atom is 0.338 e. The average Bonchev–Trinajstić information content (AvgIpc) is 3.13. The summed E-state index contributed by atoms with van der Waals surface area (Å²) in [6, 6.07) is 6.61. The molecule has 0 radical (unpaired) electrons. The predicted molar refractivity (Wildman–Crippen MR) is 107 cm³/mol. The van der Waals surface area contributed by atoms with Gasteiger partial charge in [-0.05, 0) is 30.7 Å². The zero-order valence-corrected chi connectivity index (χ0v) is 16.8. The van der Waals surface area contributed by atoms with Gasteiger partial charge in [-0.15, -0.1) is 10.2 Å². The van der Waals surface area contributed by atoms with Crippen molar-refractivity contribution in [3.63, 3.8) is 0 Å². The maximum absolute atomic E-state index is 12.1. The fourth-order valence-electron chi connectivity index (χ4n) is 1.89. The molecule has 2 rings (SSSR count). The zero-order chi connectivity index (χ0) is 19.5. The maximum atomic E-state index is 12.1. The van der Waals surface area contributed by atoms with Gasteiger partial charge in [0, 0.05) is 19.3 Å². The minimum absolute atomic E-state index is 0.162. The van der Waals surface area contributed by atoms with E-state index in [9.17, 15) is 9.59 Å². The van der Waals surface area contributed by atoms with Crippen molar-refractivity contribution in [3.8, 4) is 0 Å². The second-order valence-corrected chi connectivity index (χ2v) is 7.54. The number of hydrogen-bond acceptors (Lipinski definition) is 9. The van der Waals surface area contributed by atoms with Crippen LogP contribution in [-0.4, -0.2) is 54.7 Å². The Morgan fingerprint density at radius 1 is 1.19 bits per heavy atom. The number of rotatable bonds is 11. The van der Waals surface area contributed by atoms with Gasteiger partial charge in [0.2, 0.25) is 11.0 Å². The van der Waals surface area contributed by atoms with Crippen LogP contribution in [0.4, 0.5) is 10.8 Å². The molecule has 0 atom stereocenters. The minimum atomic E-state index is -0.364. The quantitative estimate of drug-likeness (QED) is 0.331. The Morgan fingerprint density at radius 3 is 2.67 bits per heavy atom. The number of ether oxygens (including phenoxy) is 2. The Morgan fingerprint density at radius 2 is 1.96 bits per heavy atom. The summed E-state index contributed by atoms with van der Waals surface area (Å²) < 4.78 is 10.7. The standard InChI is InChI=1S/C17H22N4O4S2/c1-3-9-25-15(23)12-4-6-13(7-5-12)19-14(22)11-26-17-21-20-16(27-17)18-8-10-24-2/h4-7H,3,8-11H2,1-2H3,(H,18,20)(H,19,22). The molecule has 0 aliphatic heterocycles. The highest BCUT2D eigenvalue weighted by Crippen LogP contribution is 2.25. The lowest BCUT2D eigenvalue weighted by molar-refractivity contribution is -0.113. The topological polar surface area (TPSA) is 102 Å². The van der Waals surface area contributed by atoms with Crippen LogP contribution in [0.5, 0.6) is 0 Å². The Bertz CT molecular complexity index is 737. The Balaban J connectivity index is 1.76. The number of hydrogen-bond donors (Lipinski definition) is 2. The SMILES string of the molecule is CCCOC(=O)c1ccc(NC(=O)CSc2nnc(NCCOC)s2)cc1. The van der Waals surface area contributed by atoms with E-state index in [0.717, 1.165) is 6.42 Å². The fraction of sp³-hybridized carbons (Fsp3) is 0.412. The number of carbonyl (C=O) groups is 2. The Labute approximate surface area is 166 Å². The molecule has 1 aromatic carbocycles. The molecule has 0 unspecified atom stereocenters. The molecular formula is C17H22N4O4S2. The van der Waals surface area contributed by atoms with E-state index in [1.165, 1.54) is 23.1 Å². The number of thioether (sulfide) groups is 1. The molecule has 0 aliphatic carbocycles. The van der Waals surface area contributed by atoms with Crippen molar-refractivity contribution in [2.45, 2.75) is 17.7 Å². The molecule has 2 aromatic rings. The number of anilines is 2. The molecule has 0 saturated carbocycles. The summed E-state index contributed by atoms with van der Waals surface area (Å²) >= 11 is 2.70. The van der Waals surface area contributed by atoms with Gasteiger partial charge < -0.3 is 20.1 Å². The second-order valence-electron chi connectivity index (χ2n) is 5.34. The van der Waals surface area contributed by atoms with Crippen LogP contribution < -0.4 is 10.6 Å². The van der Waals surface area contributed by atoms with Crippen LogP contribution in [0.15, 0.2) is 28.6 Å². The molecule has 1 aromatic heterocycles. The van der Waals surface area contributed by atoms with Crippen LogP contribution in [0, 0.1) is 0 Å². The third-order valence-electron chi connectivity index (χ3n) is 3.16. The van der Waals surface area contributed by atoms with E-state index in [-0.39, 0.29) is 17.6 Å². The molecule has 10 heteroatoms. The van der Waals surface area contributed by atoms with Gasteiger partial charge in [-0.2, -0.15) is 0 Å². The highest BCUT2D eigenvalue weighted by Gasteiger charge is 2.10. The summed E-state index contributed by atoms with van der Waals surface area (Å²) in [6.07, 6.45) is 0.775. The monoisotopic (exact) mass is 410 g/mol. The number of benzene rings is 1. The number of aromatic nitrogens is 2. The molecule has 0 fully saturated rings. The van der Waals surface area contributed by atoms with E-state index in [1.54, 1.807) is 31.4 Å². The second kappa shape index (κ2) is 11.5. The molecule has 146 valence electrons. The summed E-state index contributed by atoms with van der Waals surface area (Å²) in [5.41, 5.74) is 1.07. The number of esters is 1. The van der Waals surface area contributed by atoms with Gasteiger partial charge in [-0.25, -0.2) is 4.79 Å².